The molecule has 0 saturated carbocycles. The highest BCUT2D eigenvalue weighted by molar-refractivity contribution is 7.26. The summed E-state index contributed by atoms with van der Waals surface area (Å²) in [6.45, 7) is 5.01. The third-order valence-corrected chi connectivity index (χ3v) is 16.0. The highest BCUT2D eigenvalue weighted by Crippen LogP contribution is 2.46. The van der Waals surface area contributed by atoms with Crippen LogP contribution in [-0.4, -0.2) is 8.07 Å². The number of thiophene rings is 1. The van der Waals surface area contributed by atoms with E-state index in [2.05, 4.69) is 182 Å². The van der Waals surface area contributed by atoms with Crippen molar-refractivity contribution in [3.63, 3.8) is 0 Å². The Morgan fingerprint density at radius 1 is 0.519 bits per heavy atom. The monoisotopic (exact) mass is 699 g/mol. The molecule has 11 rings (SSSR count). The Morgan fingerprint density at radius 3 is 2.13 bits per heavy atom. The van der Waals surface area contributed by atoms with Gasteiger partial charge >= 0.3 is 0 Å². The third kappa shape index (κ3) is 4.29. The second-order valence-corrected chi connectivity index (χ2v) is 19.9. The zero-order chi connectivity index (χ0) is 34.6. The predicted molar refractivity (Wildman–Crippen MR) is 226 cm³/mol. The Balaban J connectivity index is 1.11. The molecule has 0 radical (unpaired) electrons. The normalized spacial score (nSPS) is 13.3. The van der Waals surface area contributed by atoms with Crippen molar-refractivity contribution in [2.24, 2.45) is 0 Å². The number of fused-ring (bicyclic) bond motifs is 11. The van der Waals surface area contributed by atoms with Gasteiger partial charge in [-0.2, -0.15) is 0 Å². The number of nitrogens with zero attached hydrogens (tertiary/aromatic N) is 1. The molecule has 10 aromatic rings. The van der Waals surface area contributed by atoms with Crippen molar-refractivity contribution >= 4 is 99.7 Å². The van der Waals surface area contributed by atoms with Gasteiger partial charge in [-0.25, -0.2) is 0 Å². The number of hydrogen-bond acceptors (Lipinski definition) is 3. The van der Waals surface area contributed by atoms with Crippen molar-refractivity contribution in [3.8, 4) is 22.3 Å². The highest BCUT2D eigenvalue weighted by Gasteiger charge is 2.40. The molecule has 0 atom stereocenters. The molecule has 0 amide bonds. The quantitative estimate of drug-likeness (QED) is 0.170. The molecular formula is C48H33NOSSi. The molecule has 0 unspecified atom stereocenters. The molecule has 1 aliphatic rings. The van der Waals surface area contributed by atoms with Crippen LogP contribution in [0.5, 0.6) is 0 Å². The average molecular weight is 700 g/mol. The molecule has 0 fully saturated rings. The van der Waals surface area contributed by atoms with E-state index < -0.39 is 8.07 Å². The predicted octanol–water partition coefficient (Wildman–Crippen LogP) is 13.0. The first kappa shape index (κ1) is 29.8. The molecule has 3 heterocycles. The first-order valence-electron chi connectivity index (χ1n) is 17.9. The molecule has 0 aliphatic carbocycles. The summed E-state index contributed by atoms with van der Waals surface area (Å²) in [6.07, 6.45) is 0. The number of anilines is 3. The molecule has 2 aromatic heterocycles. The lowest BCUT2D eigenvalue weighted by Crippen LogP contribution is -2.49. The summed E-state index contributed by atoms with van der Waals surface area (Å²) >= 11 is 1.88. The van der Waals surface area contributed by atoms with E-state index in [1.807, 2.05) is 11.3 Å². The largest absolute Gasteiger partial charge is 0.456 e. The van der Waals surface area contributed by atoms with Crippen LogP contribution in [0, 0.1) is 0 Å². The first-order chi connectivity index (χ1) is 25.5. The van der Waals surface area contributed by atoms with Crippen molar-refractivity contribution < 1.29 is 4.42 Å². The van der Waals surface area contributed by atoms with Gasteiger partial charge in [-0.05, 0) is 98.0 Å². The number of hydrogen-bond donors (Lipinski definition) is 0. The van der Waals surface area contributed by atoms with Crippen molar-refractivity contribution in [2.45, 2.75) is 13.1 Å². The van der Waals surface area contributed by atoms with Gasteiger partial charge in [0.15, 0.2) is 0 Å². The highest BCUT2D eigenvalue weighted by atomic mass is 32.1. The minimum Gasteiger partial charge on any atom is -0.456 e. The van der Waals surface area contributed by atoms with E-state index in [-0.39, 0.29) is 0 Å². The van der Waals surface area contributed by atoms with Crippen LogP contribution in [-0.2, 0) is 0 Å². The minimum atomic E-state index is -2.06. The number of benzene rings is 8. The van der Waals surface area contributed by atoms with E-state index in [0.29, 0.717) is 0 Å². The summed E-state index contributed by atoms with van der Waals surface area (Å²) in [5.41, 5.74) is 10.6. The summed E-state index contributed by atoms with van der Waals surface area (Å²) in [5.74, 6) is 0. The fourth-order valence-corrected chi connectivity index (χ4v) is 12.9. The molecule has 0 N–H and O–H groups in total. The summed E-state index contributed by atoms with van der Waals surface area (Å²) in [4.78, 5) is 2.48. The number of furan rings is 1. The Morgan fingerprint density at radius 2 is 1.25 bits per heavy atom. The molecule has 52 heavy (non-hydrogen) atoms. The Bertz CT molecular complexity index is 3060. The van der Waals surface area contributed by atoms with Gasteiger partial charge in [0.25, 0.3) is 0 Å². The van der Waals surface area contributed by atoms with Crippen LogP contribution in [0.2, 0.25) is 13.1 Å². The van der Waals surface area contributed by atoms with Crippen molar-refractivity contribution in [3.05, 3.63) is 164 Å². The lowest BCUT2D eigenvalue weighted by molar-refractivity contribution is 0.669. The fraction of sp³-hybridized carbons (Fsp3) is 0.0417. The van der Waals surface area contributed by atoms with Crippen LogP contribution < -0.4 is 15.3 Å². The van der Waals surface area contributed by atoms with E-state index in [1.165, 1.54) is 85.7 Å². The van der Waals surface area contributed by atoms with Crippen molar-refractivity contribution in [2.75, 3.05) is 4.90 Å². The van der Waals surface area contributed by atoms with Gasteiger partial charge < -0.3 is 9.32 Å². The Hall–Kier alpha value is -5.94. The van der Waals surface area contributed by atoms with E-state index in [4.69, 9.17) is 4.42 Å². The molecular weight excluding hydrogens is 667 g/mol. The summed E-state index contributed by atoms with van der Waals surface area (Å²) in [6, 6.07) is 60.3. The van der Waals surface area contributed by atoms with Crippen LogP contribution in [0.25, 0.3) is 75.1 Å². The first-order valence-corrected chi connectivity index (χ1v) is 21.7. The van der Waals surface area contributed by atoms with Crippen LogP contribution in [0.4, 0.5) is 17.1 Å². The van der Waals surface area contributed by atoms with Crippen LogP contribution >= 0.6 is 11.3 Å². The van der Waals surface area contributed by atoms with Gasteiger partial charge in [0.05, 0.1) is 10.4 Å². The van der Waals surface area contributed by atoms with Crippen molar-refractivity contribution in [1.82, 2.24) is 0 Å². The number of para-hydroxylation sites is 1. The zero-order valence-corrected chi connectivity index (χ0v) is 30.7. The zero-order valence-electron chi connectivity index (χ0n) is 28.9. The fourth-order valence-electron chi connectivity index (χ4n) is 8.68. The maximum Gasteiger partial charge on any atom is 0.136 e. The lowest BCUT2D eigenvalue weighted by atomic mass is 9.99. The van der Waals surface area contributed by atoms with E-state index in [1.54, 1.807) is 0 Å². The van der Waals surface area contributed by atoms with Gasteiger partial charge in [-0.3, -0.25) is 0 Å². The van der Waals surface area contributed by atoms with E-state index in [0.717, 1.165) is 16.9 Å². The van der Waals surface area contributed by atoms with Crippen LogP contribution in [0.1, 0.15) is 0 Å². The SMILES string of the molecule is C[Si]1(C)c2cc(N(c3ccc(-c4ccc5ccccc5c4)cc3)c3cccc4c3sc3ccccc34)ccc2-c2c1ccc1oc3ccccc3c21. The van der Waals surface area contributed by atoms with E-state index in [9.17, 15) is 0 Å². The second-order valence-electron chi connectivity index (χ2n) is 14.5. The Kier molecular flexibility index (Phi) is 6.31. The standard InChI is InChI=1S/C48H33NOSSi/c1-52(2)44-27-26-42-46(38-13-5-7-16-41(38)50-42)47(44)39-25-24-35(29-45(39)52)49(40-15-9-14-37-36-12-6-8-17-43(36)51-48(37)40)34-22-20-31(21-23-34)33-19-18-30-10-3-4-11-32(30)28-33/h3-29H,1-2H3. The van der Waals surface area contributed by atoms with Gasteiger partial charge in [0.2, 0.25) is 0 Å². The molecule has 8 aromatic carbocycles. The van der Waals surface area contributed by atoms with Crippen LogP contribution in [0.3, 0.4) is 0 Å². The molecule has 246 valence electrons. The smallest absolute Gasteiger partial charge is 0.136 e. The van der Waals surface area contributed by atoms with Crippen molar-refractivity contribution in [1.29, 1.82) is 0 Å². The lowest BCUT2D eigenvalue weighted by Gasteiger charge is -2.28. The molecule has 0 bridgehead atoms. The maximum atomic E-state index is 6.38. The van der Waals surface area contributed by atoms with E-state index >= 15 is 0 Å². The number of rotatable bonds is 4. The molecule has 4 heteroatoms. The van der Waals surface area contributed by atoms with Gasteiger partial charge in [-0.15, -0.1) is 11.3 Å². The molecule has 2 nitrogen and oxygen atoms in total. The average Bonchev–Trinajstić information content (AvgIpc) is 3.83. The minimum absolute atomic E-state index is 0.949. The Labute approximate surface area is 306 Å². The molecule has 1 aliphatic heterocycles. The van der Waals surface area contributed by atoms with Crippen LogP contribution in [0.15, 0.2) is 168 Å². The topological polar surface area (TPSA) is 16.4 Å². The molecule has 0 saturated heterocycles. The van der Waals surface area contributed by atoms with Gasteiger partial charge in [0.1, 0.15) is 19.2 Å². The van der Waals surface area contributed by atoms with Gasteiger partial charge in [0, 0.05) is 37.6 Å². The van der Waals surface area contributed by atoms with Gasteiger partial charge in [-0.1, -0.05) is 122 Å². The maximum absolute atomic E-state index is 6.38. The second kappa shape index (κ2) is 11.0. The summed E-state index contributed by atoms with van der Waals surface area (Å²) < 4.78 is 8.99. The molecule has 0 spiro atoms. The summed E-state index contributed by atoms with van der Waals surface area (Å²) in [5, 5.41) is 10.5. The third-order valence-electron chi connectivity index (χ3n) is 11.3. The summed E-state index contributed by atoms with van der Waals surface area (Å²) in [7, 11) is -2.06.